The lowest BCUT2D eigenvalue weighted by atomic mass is 10.3. The number of nitrogens with zero attached hydrogens (tertiary/aromatic N) is 1. The topological polar surface area (TPSA) is 70.5 Å². The van der Waals surface area contributed by atoms with Crippen LogP contribution in [-0.2, 0) is 4.74 Å². The average Bonchev–Trinajstić information content (AvgIpc) is 2.68. The normalized spacial score (nSPS) is 10.9. The summed E-state index contributed by atoms with van der Waals surface area (Å²) in [6, 6.07) is 5.57. The molecule has 2 aromatic rings. The van der Waals surface area contributed by atoms with Crippen molar-refractivity contribution in [2.75, 3.05) is 26.4 Å². The van der Waals surface area contributed by atoms with Crippen LogP contribution in [0.5, 0.6) is 5.75 Å². The van der Waals surface area contributed by atoms with Crippen molar-refractivity contribution < 1.29 is 13.9 Å². The van der Waals surface area contributed by atoms with Crippen LogP contribution in [0.15, 0.2) is 22.6 Å². The predicted octanol–water partition coefficient (Wildman–Crippen LogP) is 1.49. The second kappa shape index (κ2) is 5.65. The van der Waals surface area contributed by atoms with E-state index in [1.165, 1.54) is 0 Å². The molecular formula is C12H16N2O3. The molecule has 1 aromatic carbocycles. The minimum Gasteiger partial charge on any atom is -0.491 e. The summed E-state index contributed by atoms with van der Waals surface area (Å²) < 4.78 is 16.1. The van der Waals surface area contributed by atoms with Crippen molar-refractivity contribution in [2.45, 2.75) is 6.92 Å². The first-order valence-electron chi connectivity index (χ1n) is 5.57. The molecule has 0 fully saturated rings. The van der Waals surface area contributed by atoms with Gasteiger partial charge < -0.3 is 19.6 Å². The zero-order valence-corrected chi connectivity index (χ0v) is 9.81. The van der Waals surface area contributed by atoms with Gasteiger partial charge in [0, 0.05) is 19.5 Å². The lowest BCUT2D eigenvalue weighted by Gasteiger charge is -2.05. The van der Waals surface area contributed by atoms with Crippen molar-refractivity contribution >= 4 is 11.1 Å². The Morgan fingerprint density at radius 3 is 3.00 bits per heavy atom. The van der Waals surface area contributed by atoms with E-state index in [1.807, 2.05) is 25.1 Å². The Morgan fingerprint density at radius 2 is 2.18 bits per heavy atom. The Morgan fingerprint density at radius 1 is 1.29 bits per heavy atom. The van der Waals surface area contributed by atoms with Gasteiger partial charge in [0.05, 0.1) is 13.2 Å². The largest absolute Gasteiger partial charge is 0.491 e. The van der Waals surface area contributed by atoms with Gasteiger partial charge in [-0.05, 0) is 12.1 Å². The lowest BCUT2D eigenvalue weighted by molar-refractivity contribution is 0.106. The summed E-state index contributed by atoms with van der Waals surface area (Å²) >= 11 is 0. The third-order valence-electron chi connectivity index (χ3n) is 2.22. The molecule has 1 heterocycles. The van der Waals surface area contributed by atoms with Gasteiger partial charge in [0.1, 0.15) is 17.9 Å². The van der Waals surface area contributed by atoms with E-state index in [0.29, 0.717) is 32.3 Å². The van der Waals surface area contributed by atoms with Gasteiger partial charge in [-0.15, -0.1) is 0 Å². The van der Waals surface area contributed by atoms with Crippen molar-refractivity contribution in [3.05, 3.63) is 24.1 Å². The minimum atomic E-state index is 0.502. The van der Waals surface area contributed by atoms with Crippen molar-refractivity contribution in [1.29, 1.82) is 0 Å². The van der Waals surface area contributed by atoms with Crippen molar-refractivity contribution in [1.82, 2.24) is 4.98 Å². The molecule has 92 valence electrons. The fourth-order valence-corrected chi connectivity index (χ4v) is 1.52. The maximum atomic E-state index is 5.52. The number of fused-ring (bicyclic) bond motifs is 1. The standard InChI is InChI=1S/C12H16N2O3/c1-9-14-11-8-10(2-3-12(11)17-9)16-7-6-15-5-4-13/h2-3,8H,4-7,13H2,1H3. The molecule has 2 N–H and O–H groups in total. The number of hydrogen-bond donors (Lipinski definition) is 1. The Bertz CT molecular complexity index is 482. The molecule has 0 saturated heterocycles. The van der Waals surface area contributed by atoms with Crippen LogP contribution in [-0.4, -0.2) is 31.3 Å². The molecule has 0 spiro atoms. The number of hydrogen-bond acceptors (Lipinski definition) is 5. The summed E-state index contributed by atoms with van der Waals surface area (Å²) in [6.07, 6.45) is 0. The second-order valence-electron chi connectivity index (χ2n) is 3.61. The van der Waals surface area contributed by atoms with E-state index in [4.69, 9.17) is 19.6 Å². The van der Waals surface area contributed by atoms with Crippen LogP contribution in [0.25, 0.3) is 11.1 Å². The predicted molar refractivity (Wildman–Crippen MR) is 64.1 cm³/mol. The molecule has 2 rings (SSSR count). The van der Waals surface area contributed by atoms with Gasteiger partial charge in [0.2, 0.25) is 0 Å². The smallest absolute Gasteiger partial charge is 0.192 e. The summed E-state index contributed by atoms with van der Waals surface area (Å²) in [5, 5.41) is 0. The monoisotopic (exact) mass is 236 g/mol. The van der Waals surface area contributed by atoms with Crippen LogP contribution < -0.4 is 10.5 Å². The number of nitrogens with two attached hydrogens (primary N) is 1. The number of rotatable bonds is 6. The van der Waals surface area contributed by atoms with Crippen LogP contribution in [0.3, 0.4) is 0 Å². The molecule has 0 radical (unpaired) electrons. The van der Waals surface area contributed by atoms with Gasteiger partial charge in [0.15, 0.2) is 11.5 Å². The van der Waals surface area contributed by atoms with Crippen molar-refractivity contribution in [3.8, 4) is 5.75 Å². The average molecular weight is 236 g/mol. The molecule has 0 atom stereocenters. The fourth-order valence-electron chi connectivity index (χ4n) is 1.52. The number of oxazole rings is 1. The maximum Gasteiger partial charge on any atom is 0.192 e. The SMILES string of the molecule is Cc1nc2cc(OCCOCCN)ccc2o1. The summed E-state index contributed by atoms with van der Waals surface area (Å²) in [5.41, 5.74) is 6.88. The molecular weight excluding hydrogens is 220 g/mol. The molecule has 0 aliphatic rings. The van der Waals surface area contributed by atoms with Crippen LogP contribution in [0.2, 0.25) is 0 Å². The van der Waals surface area contributed by atoms with Gasteiger partial charge in [-0.2, -0.15) is 0 Å². The van der Waals surface area contributed by atoms with Gasteiger partial charge in [0.25, 0.3) is 0 Å². The Kier molecular flexibility index (Phi) is 3.95. The van der Waals surface area contributed by atoms with E-state index in [9.17, 15) is 0 Å². The van der Waals surface area contributed by atoms with E-state index in [1.54, 1.807) is 0 Å². The van der Waals surface area contributed by atoms with E-state index < -0.39 is 0 Å². The minimum absolute atomic E-state index is 0.502. The zero-order chi connectivity index (χ0) is 12.1. The van der Waals surface area contributed by atoms with Crippen molar-refractivity contribution in [2.24, 2.45) is 5.73 Å². The molecule has 1 aromatic heterocycles. The summed E-state index contributed by atoms with van der Waals surface area (Å²) in [6.45, 7) is 3.95. The lowest BCUT2D eigenvalue weighted by Crippen LogP contribution is -2.13. The van der Waals surface area contributed by atoms with Crippen LogP contribution in [0, 0.1) is 6.92 Å². The fraction of sp³-hybridized carbons (Fsp3) is 0.417. The summed E-state index contributed by atoms with van der Waals surface area (Å²) in [7, 11) is 0. The molecule has 5 heteroatoms. The highest BCUT2D eigenvalue weighted by Crippen LogP contribution is 2.21. The first kappa shape index (κ1) is 11.9. The van der Waals surface area contributed by atoms with Crippen molar-refractivity contribution in [3.63, 3.8) is 0 Å². The van der Waals surface area contributed by atoms with E-state index in [-0.39, 0.29) is 0 Å². The molecule has 17 heavy (non-hydrogen) atoms. The third kappa shape index (κ3) is 3.18. The number of benzene rings is 1. The molecule has 0 aliphatic heterocycles. The number of aromatic nitrogens is 1. The first-order valence-corrected chi connectivity index (χ1v) is 5.57. The van der Waals surface area contributed by atoms with E-state index >= 15 is 0 Å². The highest BCUT2D eigenvalue weighted by molar-refractivity contribution is 5.74. The Balaban J connectivity index is 1.90. The van der Waals surface area contributed by atoms with Gasteiger partial charge in [-0.3, -0.25) is 0 Å². The van der Waals surface area contributed by atoms with Crippen LogP contribution >= 0.6 is 0 Å². The molecule has 5 nitrogen and oxygen atoms in total. The summed E-state index contributed by atoms with van der Waals surface area (Å²) in [4.78, 5) is 4.24. The highest BCUT2D eigenvalue weighted by Gasteiger charge is 2.03. The van der Waals surface area contributed by atoms with Crippen LogP contribution in [0.4, 0.5) is 0 Å². The number of ether oxygens (including phenoxy) is 2. The Hall–Kier alpha value is -1.59. The summed E-state index contributed by atoms with van der Waals surface area (Å²) in [5.74, 6) is 1.42. The molecule has 0 saturated carbocycles. The molecule has 0 unspecified atom stereocenters. The second-order valence-corrected chi connectivity index (χ2v) is 3.61. The van der Waals surface area contributed by atoms with Gasteiger partial charge in [-0.1, -0.05) is 0 Å². The van der Waals surface area contributed by atoms with Gasteiger partial charge in [-0.25, -0.2) is 4.98 Å². The zero-order valence-electron chi connectivity index (χ0n) is 9.81. The Labute approximate surface area is 99.5 Å². The van der Waals surface area contributed by atoms with Gasteiger partial charge >= 0.3 is 0 Å². The maximum absolute atomic E-state index is 5.52. The number of aryl methyl sites for hydroxylation is 1. The quantitative estimate of drug-likeness (QED) is 0.769. The third-order valence-corrected chi connectivity index (χ3v) is 2.22. The van der Waals surface area contributed by atoms with E-state index in [2.05, 4.69) is 4.98 Å². The molecule has 0 aliphatic carbocycles. The highest BCUT2D eigenvalue weighted by atomic mass is 16.5. The molecule has 0 bridgehead atoms. The first-order chi connectivity index (χ1) is 8.29. The molecule has 0 amide bonds. The van der Waals surface area contributed by atoms with Crippen LogP contribution in [0.1, 0.15) is 5.89 Å². The van der Waals surface area contributed by atoms with E-state index in [0.717, 1.165) is 16.8 Å².